The van der Waals surface area contributed by atoms with Crippen molar-refractivity contribution in [3.63, 3.8) is 0 Å². The van der Waals surface area contributed by atoms with Crippen LogP contribution in [0, 0.1) is 0 Å². The van der Waals surface area contributed by atoms with E-state index in [2.05, 4.69) is 5.32 Å². The van der Waals surface area contributed by atoms with Gasteiger partial charge in [-0.15, -0.1) is 0 Å². The number of carbonyl (C=O) groups is 2. The van der Waals surface area contributed by atoms with Gasteiger partial charge in [0.15, 0.2) is 0 Å². The Morgan fingerprint density at radius 1 is 1.04 bits per heavy atom. The van der Waals surface area contributed by atoms with Gasteiger partial charge in [0.1, 0.15) is 6.04 Å². The Morgan fingerprint density at radius 2 is 1.69 bits per heavy atom. The summed E-state index contributed by atoms with van der Waals surface area (Å²) in [5, 5.41) is 2.91. The highest BCUT2D eigenvalue weighted by molar-refractivity contribution is 5.97. The molecule has 0 saturated heterocycles. The molecule has 3 rings (SSSR count). The van der Waals surface area contributed by atoms with E-state index in [1.165, 1.54) is 29.7 Å². The van der Waals surface area contributed by atoms with Gasteiger partial charge in [0.05, 0.1) is 0 Å². The highest BCUT2D eigenvalue weighted by Gasteiger charge is 2.24. The Kier molecular flexibility index (Phi) is 5.71. The van der Waals surface area contributed by atoms with Crippen LogP contribution in [0.15, 0.2) is 54.6 Å². The molecular weight excluding hydrogens is 324 g/mol. The Labute approximate surface area is 155 Å². The summed E-state index contributed by atoms with van der Waals surface area (Å²) in [5.74, 6) is 0.336. The molecule has 1 fully saturated rings. The number of likely N-dealkylation sites (N-methyl/N-ethyl adjacent to an activating group) is 1. The lowest BCUT2D eigenvalue weighted by molar-refractivity contribution is -0.130. The van der Waals surface area contributed by atoms with Crippen LogP contribution >= 0.6 is 0 Å². The van der Waals surface area contributed by atoms with Crippen molar-refractivity contribution in [1.82, 2.24) is 10.2 Å². The maximum atomic E-state index is 12.7. The third-order valence-electron chi connectivity index (χ3n) is 5.08. The van der Waals surface area contributed by atoms with Crippen LogP contribution in [0.5, 0.6) is 0 Å². The van der Waals surface area contributed by atoms with E-state index in [1.54, 1.807) is 14.1 Å². The molecule has 0 radical (unpaired) electrons. The lowest BCUT2D eigenvalue weighted by atomic mass is 9.80. The molecule has 2 aromatic rings. The van der Waals surface area contributed by atoms with E-state index >= 15 is 0 Å². The lowest BCUT2D eigenvalue weighted by Gasteiger charge is -2.26. The Bertz CT molecular complexity index is 749. The van der Waals surface area contributed by atoms with Crippen molar-refractivity contribution in [3.8, 4) is 0 Å². The van der Waals surface area contributed by atoms with Gasteiger partial charge >= 0.3 is 0 Å². The predicted octanol–water partition coefficient (Wildman–Crippen LogP) is 3.38. The van der Waals surface area contributed by atoms with Gasteiger partial charge in [-0.25, -0.2) is 0 Å². The van der Waals surface area contributed by atoms with Crippen molar-refractivity contribution < 1.29 is 9.59 Å². The summed E-state index contributed by atoms with van der Waals surface area (Å²) >= 11 is 0. The number of amides is 2. The third kappa shape index (κ3) is 4.31. The Hall–Kier alpha value is -2.62. The molecule has 1 N–H and O–H groups in total. The van der Waals surface area contributed by atoms with Gasteiger partial charge in [-0.1, -0.05) is 48.9 Å². The second-order valence-electron chi connectivity index (χ2n) is 7.20. The molecule has 1 aliphatic rings. The summed E-state index contributed by atoms with van der Waals surface area (Å²) < 4.78 is 0. The fourth-order valence-corrected chi connectivity index (χ4v) is 3.25. The average molecular weight is 350 g/mol. The van der Waals surface area contributed by atoms with Gasteiger partial charge in [0.2, 0.25) is 5.91 Å². The van der Waals surface area contributed by atoms with Crippen molar-refractivity contribution in [2.24, 2.45) is 0 Å². The monoisotopic (exact) mass is 350 g/mol. The maximum absolute atomic E-state index is 12.7. The molecule has 0 heterocycles. The second-order valence-corrected chi connectivity index (χ2v) is 7.20. The molecule has 4 heteroatoms. The molecule has 4 nitrogen and oxygen atoms in total. The molecule has 1 aliphatic carbocycles. The van der Waals surface area contributed by atoms with E-state index < -0.39 is 6.04 Å². The molecule has 0 aliphatic heterocycles. The van der Waals surface area contributed by atoms with Crippen molar-refractivity contribution in [3.05, 3.63) is 71.3 Å². The third-order valence-corrected chi connectivity index (χ3v) is 5.08. The van der Waals surface area contributed by atoms with Gasteiger partial charge < -0.3 is 10.2 Å². The number of nitrogens with one attached hydrogen (secondary N) is 1. The summed E-state index contributed by atoms with van der Waals surface area (Å²) in [6, 6.07) is 17.0. The van der Waals surface area contributed by atoms with Crippen molar-refractivity contribution >= 4 is 11.8 Å². The predicted molar refractivity (Wildman–Crippen MR) is 103 cm³/mol. The summed E-state index contributed by atoms with van der Waals surface area (Å²) in [4.78, 5) is 26.7. The van der Waals surface area contributed by atoms with Gasteiger partial charge in [0, 0.05) is 26.1 Å². The van der Waals surface area contributed by atoms with Gasteiger partial charge in [-0.05, 0) is 42.0 Å². The van der Waals surface area contributed by atoms with Gasteiger partial charge in [0.25, 0.3) is 5.91 Å². The van der Waals surface area contributed by atoms with E-state index in [4.69, 9.17) is 0 Å². The smallest absolute Gasteiger partial charge is 0.251 e. The number of hydrogen-bond donors (Lipinski definition) is 1. The molecule has 136 valence electrons. The van der Waals surface area contributed by atoms with E-state index in [9.17, 15) is 9.59 Å². The summed E-state index contributed by atoms with van der Waals surface area (Å²) in [7, 11) is 3.42. The summed E-state index contributed by atoms with van der Waals surface area (Å²) in [5.41, 5.74) is 2.92. The first-order chi connectivity index (χ1) is 12.5. The fourth-order valence-electron chi connectivity index (χ4n) is 3.25. The van der Waals surface area contributed by atoms with Crippen LogP contribution in [-0.2, 0) is 11.2 Å². The summed E-state index contributed by atoms with van der Waals surface area (Å²) in [6.07, 6.45) is 4.24. The van der Waals surface area contributed by atoms with Crippen molar-refractivity contribution in [2.75, 3.05) is 14.1 Å². The zero-order valence-electron chi connectivity index (χ0n) is 15.4. The first kappa shape index (κ1) is 18.2. The standard InChI is InChI=1S/C22H26N2O2/c1-24(2)22(26)20(15-16-7-4-3-5-8-16)23-21(25)19-13-11-18(12-14-19)17-9-6-10-17/h3-5,7-8,11-14,17,20H,6,9-10,15H2,1-2H3,(H,23,25). The lowest BCUT2D eigenvalue weighted by Crippen LogP contribution is -2.47. The number of carbonyl (C=O) groups excluding carboxylic acids is 2. The van der Waals surface area contributed by atoms with E-state index in [1.807, 2.05) is 54.6 Å². The first-order valence-electron chi connectivity index (χ1n) is 9.20. The largest absolute Gasteiger partial charge is 0.347 e. The molecular formula is C22H26N2O2. The summed E-state index contributed by atoms with van der Waals surface area (Å²) in [6.45, 7) is 0. The molecule has 0 aromatic heterocycles. The molecule has 1 unspecified atom stereocenters. The average Bonchev–Trinajstić information content (AvgIpc) is 2.60. The van der Waals surface area contributed by atoms with E-state index in [0.717, 1.165) is 5.56 Å². The minimum atomic E-state index is -0.578. The first-order valence-corrected chi connectivity index (χ1v) is 9.20. The number of hydrogen-bond acceptors (Lipinski definition) is 2. The quantitative estimate of drug-likeness (QED) is 0.868. The topological polar surface area (TPSA) is 49.4 Å². The second kappa shape index (κ2) is 8.17. The number of rotatable bonds is 6. The van der Waals surface area contributed by atoms with Gasteiger partial charge in [-0.3, -0.25) is 9.59 Å². The van der Waals surface area contributed by atoms with Crippen LogP contribution in [0.25, 0.3) is 0 Å². The van der Waals surface area contributed by atoms with Crippen LogP contribution in [0.3, 0.4) is 0 Å². The maximum Gasteiger partial charge on any atom is 0.251 e. The van der Waals surface area contributed by atoms with Crippen LogP contribution in [0.1, 0.15) is 46.7 Å². The SMILES string of the molecule is CN(C)C(=O)C(Cc1ccccc1)NC(=O)c1ccc(C2CCC2)cc1. The van der Waals surface area contributed by atoms with Crippen molar-refractivity contribution in [2.45, 2.75) is 37.6 Å². The molecule has 0 bridgehead atoms. The van der Waals surface area contributed by atoms with Crippen LogP contribution in [0.4, 0.5) is 0 Å². The molecule has 0 spiro atoms. The van der Waals surface area contributed by atoms with Crippen LogP contribution in [0.2, 0.25) is 0 Å². The molecule has 2 amide bonds. The molecule has 2 aromatic carbocycles. The number of nitrogens with zero attached hydrogens (tertiary/aromatic N) is 1. The zero-order valence-corrected chi connectivity index (χ0v) is 15.4. The normalized spacial score (nSPS) is 15.0. The van der Waals surface area contributed by atoms with Crippen LogP contribution in [-0.4, -0.2) is 36.9 Å². The highest BCUT2D eigenvalue weighted by atomic mass is 16.2. The fraction of sp³-hybridized carbons (Fsp3) is 0.364. The molecule has 1 saturated carbocycles. The van der Waals surface area contributed by atoms with Crippen LogP contribution < -0.4 is 5.32 Å². The van der Waals surface area contributed by atoms with Gasteiger partial charge in [-0.2, -0.15) is 0 Å². The minimum absolute atomic E-state index is 0.103. The number of benzene rings is 2. The molecule has 1 atom stereocenters. The highest BCUT2D eigenvalue weighted by Crippen LogP contribution is 2.36. The minimum Gasteiger partial charge on any atom is -0.347 e. The van der Waals surface area contributed by atoms with E-state index in [0.29, 0.717) is 17.9 Å². The zero-order chi connectivity index (χ0) is 18.5. The van der Waals surface area contributed by atoms with E-state index in [-0.39, 0.29) is 11.8 Å². The Morgan fingerprint density at radius 3 is 2.23 bits per heavy atom. The molecule has 26 heavy (non-hydrogen) atoms. The Balaban J connectivity index is 1.70. The van der Waals surface area contributed by atoms with Crippen molar-refractivity contribution in [1.29, 1.82) is 0 Å².